The van der Waals surface area contributed by atoms with Crippen molar-refractivity contribution >= 4 is 0 Å². The summed E-state index contributed by atoms with van der Waals surface area (Å²) < 4.78 is 3.87. The second-order valence-electron chi connectivity index (χ2n) is 7.65. The molecule has 0 saturated heterocycles. The molecule has 0 bridgehead atoms. The van der Waals surface area contributed by atoms with Gasteiger partial charge in [-0.25, -0.2) is 4.68 Å². The standard InChI is InChI=1S/C26H24N6/c1-2-6-22(7-3-1)19-31-20-24(26(30-31)23-8-4-13-27-17-23)18-28-16-21-9-11-25(12-10-21)32-15-5-14-29-32/h1-15,17,20,28H,16,18-19H2. The third-order valence-electron chi connectivity index (χ3n) is 5.31. The van der Waals surface area contributed by atoms with Crippen molar-refractivity contribution in [2.24, 2.45) is 0 Å². The molecule has 0 spiro atoms. The maximum absolute atomic E-state index is 4.87. The molecular formula is C26H24N6. The Morgan fingerprint density at radius 3 is 2.41 bits per heavy atom. The van der Waals surface area contributed by atoms with E-state index in [1.165, 1.54) is 11.1 Å². The SMILES string of the molecule is c1ccc(Cn2cc(CNCc3ccc(-n4cccn4)cc3)c(-c3cccnc3)n2)cc1. The van der Waals surface area contributed by atoms with Gasteiger partial charge in [0.15, 0.2) is 0 Å². The molecule has 6 heteroatoms. The van der Waals surface area contributed by atoms with Gasteiger partial charge in [-0.2, -0.15) is 10.2 Å². The highest BCUT2D eigenvalue weighted by molar-refractivity contribution is 5.61. The lowest BCUT2D eigenvalue weighted by Crippen LogP contribution is -2.13. The first-order valence-corrected chi connectivity index (χ1v) is 10.7. The van der Waals surface area contributed by atoms with Crippen LogP contribution in [0, 0.1) is 0 Å². The van der Waals surface area contributed by atoms with Crippen molar-refractivity contribution in [3.05, 3.63) is 120 Å². The summed E-state index contributed by atoms with van der Waals surface area (Å²) in [6.45, 7) is 2.23. The Hall–Kier alpha value is -4.03. The van der Waals surface area contributed by atoms with Gasteiger partial charge in [-0.05, 0) is 41.5 Å². The van der Waals surface area contributed by atoms with Crippen molar-refractivity contribution in [3.63, 3.8) is 0 Å². The minimum Gasteiger partial charge on any atom is -0.308 e. The fraction of sp³-hybridized carbons (Fsp3) is 0.115. The van der Waals surface area contributed by atoms with Gasteiger partial charge in [0.05, 0.1) is 17.9 Å². The van der Waals surface area contributed by atoms with Crippen LogP contribution in [0.2, 0.25) is 0 Å². The van der Waals surface area contributed by atoms with E-state index in [1.807, 2.05) is 40.0 Å². The van der Waals surface area contributed by atoms with Crippen molar-refractivity contribution in [1.82, 2.24) is 29.9 Å². The van der Waals surface area contributed by atoms with Crippen LogP contribution in [0.5, 0.6) is 0 Å². The normalized spacial score (nSPS) is 11.0. The van der Waals surface area contributed by atoms with Gasteiger partial charge in [-0.15, -0.1) is 0 Å². The molecule has 6 nitrogen and oxygen atoms in total. The van der Waals surface area contributed by atoms with E-state index >= 15 is 0 Å². The topological polar surface area (TPSA) is 60.6 Å². The lowest BCUT2D eigenvalue weighted by Gasteiger charge is -2.07. The first-order valence-electron chi connectivity index (χ1n) is 10.7. The highest BCUT2D eigenvalue weighted by Crippen LogP contribution is 2.22. The Balaban J connectivity index is 1.30. The first-order chi connectivity index (χ1) is 15.8. The van der Waals surface area contributed by atoms with Crippen molar-refractivity contribution in [1.29, 1.82) is 0 Å². The molecule has 2 aromatic carbocycles. The van der Waals surface area contributed by atoms with Crippen LogP contribution in [0.25, 0.3) is 16.9 Å². The summed E-state index contributed by atoms with van der Waals surface area (Å²) in [6, 6.07) is 24.7. The van der Waals surface area contributed by atoms with Gasteiger partial charge in [-0.1, -0.05) is 42.5 Å². The van der Waals surface area contributed by atoms with Crippen LogP contribution in [0.15, 0.2) is 104 Å². The molecule has 0 radical (unpaired) electrons. The number of pyridine rings is 1. The number of nitrogens with one attached hydrogen (secondary N) is 1. The number of hydrogen-bond acceptors (Lipinski definition) is 4. The average Bonchev–Trinajstić information content (AvgIpc) is 3.52. The zero-order valence-corrected chi connectivity index (χ0v) is 17.7. The van der Waals surface area contributed by atoms with E-state index in [1.54, 1.807) is 12.4 Å². The second-order valence-corrected chi connectivity index (χ2v) is 7.65. The summed E-state index contributed by atoms with van der Waals surface area (Å²) in [7, 11) is 0. The monoisotopic (exact) mass is 420 g/mol. The van der Waals surface area contributed by atoms with Gasteiger partial charge < -0.3 is 5.32 Å². The Morgan fingerprint density at radius 1 is 0.781 bits per heavy atom. The van der Waals surface area contributed by atoms with Gasteiger partial charge in [0.1, 0.15) is 0 Å². The molecule has 3 aromatic heterocycles. The average molecular weight is 421 g/mol. The first kappa shape index (κ1) is 19.9. The largest absolute Gasteiger partial charge is 0.308 e. The fourth-order valence-corrected chi connectivity index (χ4v) is 3.72. The molecule has 0 unspecified atom stereocenters. The van der Waals surface area contributed by atoms with E-state index in [-0.39, 0.29) is 0 Å². The second kappa shape index (κ2) is 9.41. The number of benzene rings is 2. The molecule has 1 N–H and O–H groups in total. The lowest BCUT2D eigenvalue weighted by molar-refractivity contribution is 0.677. The van der Waals surface area contributed by atoms with Gasteiger partial charge in [-0.3, -0.25) is 9.67 Å². The smallest absolute Gasteiger partial charge is 0.0983 e. The summed E-state index contributed by atoms with van der Waals surface area (Å²) in [6.07, 6.45) is 9.51. The molecule has 158 valence electrons. The van der Waals surface area contributed by atoms with E-state index in [0.717, 1.165) is 42.1 Å². The molecular weight excluding hydrogens is 396 g/mol. The number of aromatic nitrogens is 5. The van der Waals surface area contributed by atoms with Crippen molar-refractivity contribution in [3.8, 4) is 16.9 Å². The summed E-state index contributed by atoms with van der Waals surface area (Å²) >= 11 is 0. The Bertz CT molecular complexity index is 1240. The van der Waals surface area contributed by atoms with Gasteiger partial charge >= 0.3 is 0 Å². The van der Waals surface area contributed by atoms with Crippen LogP contribution in [0.4, 0.5) is 0 Å². The Labute approximate surface area is 187 Å². The van der Waals surface area contributed by atoms with Crippen LogP contribution >= 0.6 is 0 Å². The predicted molar refractivity (Wildman–Crippen MR) is 125 cm³/mol. The number of hydrogen-bond donors (Lipinski definition) is 1. The van der Waals surface area contributed by atoms with Crippen molar-refractivity contribution in [2.45, 2.75) is 19.6 Å². The molecule has 5 aromatic rings. The third-order valence-corrected chi connectivity index (χ3v) is 5.31. The molecule has 0 aliphatic rings. The minimum absolute atomic E-state index is 0.722. The zero-order chi connectivity index (χ0) is 21.6. The highest BCUT2D eigenvalue weighted by atomic mass is 15.3. The molecule has 0 fully saturated rings. The fourth-order valence-electron chi connectivity index (χ4n) is 3.72. The van der Waals surface area contributed by atoms with Crippen LogP contribution in [-0.4, -0.2) is 24.5 Å². The van der Waals surface area contributed by atoms with E-state index in [9.17, 15) is 0 Å². The van der Waals surface area contributed by atoms with Gasteiger partial charge in [0.25, 0.3) is 0 Å². The van der Waals surface area contributed by atoms with Gasteiger partial charge in [0.2, 0.25) is 0 Å². The molecule has 3 heterocycles. The van der Waals surface area contributed by atoms with E-state index in [2.05, 4.69) is 76.2 Å². The van der Waals surface area contributed by atoms with E-state index in [4.69, 9.17) is 5.10 Å². The molecule has 0 aliphatic heterocycles. The highest BCUT2D eigenvalue weighted by Gasteiger charge is 2.12. The van der Waals surface area contributed by atoms with Crippen molar-refractivity contribution in [2.75, 3.05) is 0 Å². The maximum Gasteiger partial charge on any atom is 0.0983 e. The number of rotatable bonds is 8. The summed E-state index contributed by atoms with van der Waals surface area (Å²) in [5, 5.41) is 12.7. The number of nitrogens with zero attached hydrogens (tertiary/aromatic N) is 5. The van der Waals surface area contributed by atoms with Crippen LogP contribution in [-0.2, 0) is 19.6 Å². The van der Waals surface area contributed by atoms with Crippen LogP contribution in [0.1, 0.15) is 16.7 Å². The molecule has 0 saturated carbocycles. The zero-order valence-electron chi connectivity index (χ0n) is 17.7. The van der Waals surface area contributed by atoms with E-state index in [0.29, 0.717) is 0 Å². The maximum atomic E-state index is 4.87. The molecule has 0 aliphatic carbocycles. The predicted octanol–water partition coefficient (Wildman–Crippen LogP) is 4.47. The molecule has 0 atom stereocenters. The molecule has 5 rings (SSSR count). The van der Waals surface area contributed by atoms with E-state index < -0.39 is 0 Å². The van der Waals surface area contributed by atoms with Crippen LogP contribution < -0.4 is 5.32 Å². The van der Waals surface area contributed by atoms with Gasteiger partial charge in [0, 0.05) is 55.2 Å². The molecule has 32 heavy (non-hydrogen) atoms. The Kier molecular flexibility index (Phi) is 5.85. The summed E-state index contributed by atoms with van der Waals surface area (Å²) in [5.74, 6) is 0. The molecule has 0 amide bonds. The lowest BCUT2D eigenvalue weighted by atomic mass is 10.1. The van der Waals surface area contributed by atoms with Crippen LogP contribution in [0.3, 0.4) is 0 Å². The quantitative estimate of drug-likeness (QED) is 0.402. The summed E-state index contributed by atoms with van der Waals surface area (Å²) in [4.78, 5) is 4.28. The summed E-state index contributed by atoms with van der Waals surface area (Å²) in [5.41, 5.74) is 6.65. The Morgan fingerprint density at radius 2 is 1.66 bits per heavy atom. The van der Waals surface area contributed by atoms with Crippen molar-refractivity contribution < 1.29 is 0 Å². The third kappa shape index (κ3) is 4.66. The minimum atomic E-state index is 0.722.